The van der Waals surface area contributed by atoms with Crippen molar-refractivity contribution in [1.29, 1.82) is 0 Å². The fourth-order valence-electron chi connectivity index (χ4n) is 3.89. The lowest BCUT2D eigenvalue weighted by Gasteiger charge is -2.27. The van der Waals surface area contributed by atoms with E-state index in [1.807, 2.05) is 37.4 Å². The molecule has 32 heavy (non-hydrogen) atoms. The summed E-state index contributed by atoms with van der Waals surface area (Å²) in [5.41, 5.74) is 3.65. The molecule has 1 aliphatic rings. The molecule has 0 saturated carbocycles. The summed E-state index contributed by atoms with van der Waals surface area (Å²) in [6.07, 6.45) is 0.659. The number of aromatic nitrogens is 4. The molecule has 5 rings (SSSR count). The van der Waals surface area contributed by atoms with Crippen molar-refractivity contribution < 1.29 is 13.6 Å². The van der Waals surface area contributed by atoms with Gasteiger partial charge in [0.1, 0.15) is 5.82 Å². The van der Waals surface area contributed by atoms with E-state index < -0.39 is 5.82 Å². The monoisotopic (exact) mass is 432 g/mol. The van der Waals surface area contributed by atoms with E-state index in [1.54, 1.807) is 27.8 Å². The van der Waals surface area contributed by atoms with Crippen LogP contribution in [0.3, 0.4) is 0 Å². The molecule has 0 bridgehead atoms. The van der Waals surface area contributed by atoms with Crippen LogP contribution >= 0.6 is 0 Å². The standard InChI is InChI=1S/C23H21FN6O2/c1-29-19-11-12-30(23(31)25-13-15-7-3-2-4-8-15)14-17(19)20(28-29)22-27-26-21(32-22)16-9-5-6-10-18(16)24/h2-10H,11-14H2,1H3,(H,25,31). The first-order valence-corrected chi connectivity index (χ1v) is 10.3. The summed E-state index contributed by atoms with van der Waals surface area (Å²) in [4.78, 5) is 14.5. The number of nitrogens with zero attached hydrogens (tertiary/aromatic N) is 5. The van der Waals surface area contributed by atoms with Crippen LogP contribution in [0.1, 0.15) is 16.8 Å². The summed E-state index contributed by atoms with van der Waals surface area (Å²) in [6.45, 7) is 1.41. The van der Waals surface area contributed by atoms with Crippen molar-refractivity contribution in [2.24, 2.45) is 7.05 Å². The zero-order valence-corrected chi connectivity index (χ0v) is 17.5. The number of rotatable bonds is 4. The average Bonchev–Trinajstić information content (AvgIpc) is 3.43. The van der Waals surface area contributed by atoms with Gasteiger partial charge in [0.05, 0.1) is 12.1 Å². The molecule has 8 nitrogen and oxygen atoms in total. The normalized spacial score (nSPS) is 13.1. The molecule has 0 spiro atoms. The van der Waals surface area contributed by atoms with E-state index >= 15 is 0 Å². The SMILES string of the molecule is Cn1nc(-c2nnc(-c3ccccc3F)o2)c2c1CCN(C(=O)NCc1ccccc1)C2. The number of halogens is 1. The van der Waals surface area contributed by atoms with E-state index in [4.69, 9.17) is 4.42 Å². The van der Waals surface area contributed by atoms with Crippen molar-refractivity contribution in [2.45, 2.75) is 19.5 Å². The van der Waals surface area contributed by atoms with Crippen molar-refractivity contribution in [3.8, 4) is 23.0 Å². The predicted octanol–water partition coefficient (Wildman–Crippen LogP) is 3.54. The van der Waals surface area contributed by atoms with Gasteiger partial charge in [-0.1, -0.05) is 42.5 Å². The Bertz CT molecular complexity index is 1270. The van der Waals surface area contributed by atoms with Gasteiger partial charge in [0.15, 0.2) is 5.69 Å². The number of aryl methyl sites for hydroxylation is 1. The average molecular weight is 432 g/mol. The summed E-state index contributed by atoms with van der Waals surface area (Å²) >= 11 is 0. The zero-order valence-electron chi connectivity index (χ0n) is 17.5. The van der Waals surface area contributed by atoms with E-state index in [2.05, 4.69) is 20.6 Å². The van der Waals surface area contributed by atoms with Crippen LogP contribution in [0.15, 0.2) is 59.0 Å². The first-order chi connectivity index (χ1) is 15.6. The van der Waals surface area contributed by atoms with Gasteiger partial charge in [-0.05, 0) is 17.7 Å². The maximum atomic E-state index is 14.1. The summed E-state index contributed by atoms with van der Waals surface area (Å²) in [7, 11) is 1.85. The second-order valence-electron chi connectivity index (χ2n) is 7.61. The molecule has 3 heterocycles. The van der Waals surface area contributed by atoms with Gasteiger partial charge in [0.25, 0.3) is 11.8 Å². The highest BCUT2D eigenvalue weighted by molar-refractivity contribution is 5.75. The van der Waals surface area contributed by atoms with Crippen molar-refractivity contribution in [1.82, 2.24) is 30.2 Å². The summed E-state index contributed by atoms with van der Waals surface area (Å²) in [5, 5.41) is 15.6. The Kier molecular flexibility index (Phi) is 5.14. The highest BCUT2D eigenvalue weighted by Gasteiger charge is 2.29. The van der Waals surface area contributed by atoms with Crippen LogP contribution in [0, 0.1) is 5.82 Å². The number of nitrogens with one attached hydrogen (secondary N) is 1. The van der Waals surface area contributed by atoms with E-state index in [0.717, 1.165) is 16.8 Å². The molecule has 0 aliphatic carbocycles. The number of hydrogen-bond acceptors (Lipinski definition) is 5. The molecule has 2 aromatic carbocycles. The van der Waals surface area contributed by atoms with Gasteiger partial charge >= 0.3 is 6.03 Å². The van der Waals surface area contributed by atoms with Gasteiger partial charge in [-0.25, -0.2) is 9.18 Å². The molecule has 0 radical (unpaired) electrons. The Morgan fingerprint density at radius 1 is 1.09 bits per heavy atom. The molecule has 1 aliphatic heterocycles. The minimum atomic E-state index is -0.438. The van der Waals surface area contributed by atoms with Crippen LogP contribution in [0.25, 0.3) is 23.0 Å². The highest BCUT2D eigenvalue weighted by atomic mass is 19.1. The fourth-order valence-corrected chi connectivity index (χ4v) is 3.89. The summed E-state index contributed by atoms with van der Waals surface area (Å²) in [5.74, 6) is -0.149. The van der Waals surface area contributed by atoms with Crippen LogP contribution in [-0.2, 0) is 26.6 Å². The quantitative estimate of drug-likeness (QED) is 0.533. The highest BCUT2D eigenvalue weighted by Crippen LogP contribution is 2.31. The molecule has 2 amide bonds. The molecule has 0 unspecified atom stereocenters. The van der Waals surface area contributed by atoms with Crippen molar-refractivity contribution >= 4 is 6.03 Å². The first kappa shape index (κ1) is 19.9. The third-order valence-corrected chi connectivity index (χ3v) is 5.55. The lowest BCUT2D eigenvalue weighted by Crippen LogP contribution is -2.42. The number of urea groups is 1. The molecule has 2 aromatic heterocycles. The maximum absolute atomic E-state index is 14.1. The van der Waals surface area contributed by atoms with Gasteiger partial charge in [-0.15, -0.1) is 10.2 Å². The number of amides is 2. The van der Waals surface area contributed by atoms with Gasteiger partial charge in [-0.2, -0.15) is 5.10 Å². The lowest BCUT2D eigenvalue weighted by molar-refractivity contribution is 0.191. The van der Waals surface area contributed by atoms with Gasteiger partial charge < -0.3 is 14.6 Å². The molecule has 162 valence electrons. The van der Waals surface area contributed by atoms with Crippen LogP contribution in [-0.4, -0.2) is 37.5 Å². The first-order valence-electron chi connectivity index (χ1n) is 10.3. The van der Waals surface area contributed by atoms with Crippen LogP contribution in [0.2, 0.25) is 0 Å². The van der Waals surface area contributed by atoms with Crippen molar-refractivity contribution in [3.05, 3.63) is 77.2 Å². The predicted molar refractivity (Wildman–Crippen MR) is 115 cm³/mol. The van der Waals surface area contributed by atoms with Gasteiger partial charge in [0, 0.05) is 37.8 Å². The van der Waals surface area contributed by atoms with E-state index in [-0.39, 0.29) is 23.4 Å². The Labute approximate surface area is 183 Å². The Balaban J connectivity index is 1.37. The smallest absolute Gasteiger partial charge is 0.317 e. The third kappa shape index (κ3) is 3.73. The van der Waals surface area contributed by atoms with Crippen LogP contribution in [0.5, 0.6) is 0 Å². The Morgan fingerprint density at radius 3 is 2.66 bits per heavy atom. The van der Waals surface area contributed by atoms with Gasteiger partial charge in [0.2, 0.25) is 0 Å². The largest absolute Gasteiger partial charge is 0.414 e. The van der Waals surface area contributed by atoms with E-state index in [9.17, 15) is 9.18 Å². The molecule has 9 heteroatoms. The van der Waals surface area contributed by atoms with Crippen LogP contribution in [0.4, 0.5) is 9.18 Å². The van der Waals surface area contributed by atoms with E-state index in [0.29, 0.717) is 31.7 Å². The molecule has 0 atom stereocenters. The Hall–Kier alpha value is -4.01. The second-order valence-corrected chi connectivity index (χ2v) is 7.61. The van der Waals surface area contributed by atoms with Crippen molar-refractivity contribution in [3.63, 3.8) is 0 Å². The minimum absolute atomic E-state index is 0.0887. The topological polar surface area (TPSA) is 89.1 Å². The number of carbonyl (C=O) groups excluding carboxylic acids is 1. The third-order valence-electron chi connectivity index (χ3n) is 5.55. The lowest BCUT2D eigenvalue weighted by atomic mass is 10.1. The molecule has 4 aromatic rings. The fraction of sp³-hybridized carbons (Fsp3) is 0.217. The number of benzene rings is 2. The Morgan fingerprint density at radius 2 is 1.84 bits per heavy atom. The molecular weight excluding hydrogens is 411 g/mol. The summed E-state index contributed by atoms with van der Waals surface area (Å²) in [6, 6.07) is 15.8. The summed E-state index contributed by atoms with van der Waals surface area (Å²) < 4.78 is 21.6. The number of carbonyl (C=O) groups is 1. The second kappa shape index (κ2) is 8.26. The number of fused-ring (bicyclic) bond motifs is 1. The van der Waals surface area contributed by atoms with E-state index in [1.165, 1.54) is 6.07 Å². The van der Waals surface area contributed by atoms with Crippen molar-refractivity contribution in [2.75, 3.05) is 6.54 Å². The maximum Gasteiger partial charge on any atom is 0.317 e. The molecule has 0 saturated heterocycles. The van der Waals surface area contributed by atoms with Gasteiger partial charge in [-0.3, -0.25) is 4.68 Å². The molecular formula is C23H21FN6O2. The number of hydrogen-bond donors (Lipinski definition) is 1. The molecule has 0 fully saturated rings. The minimum Gasteiger partial charge on any atom is -0.414 e. The molecule has 1 N–H and O–H groups in total. The zero-order chi connectivity index (χ0) is 22.1. The van der Waals surface area contributed by atoms with Crippen LogP contribution < -0.4 is 5.32 Å².